The van der Waals surface area contributed by atoms with E-state index in [1.165, 1.54) is 22.1 Å². The summed E-state index contributed by atoms with van der Waals surface area (Å²) in [6.45, 7) is 3.49. The van der Waals surface area contributed by atoms with Crippen molar-refractivity contribution < 1.29 is 13.3 Å². The van der Waals surface area contributed by atoms with Crippen LogP contribution in [0.4, 0.5) is 11.5 Å². The maximum atomic E-state index is 13.0. The van der Waals surface area contributed by atoms with Gasteiger partial charge in [0.1, 0.15) is 12.0 Å². The van der Waals surface area contributed by atoms with E-state index in [2.05, 4.69) is 4.98 Å². The monoisotopic (exact) mass is 402 g/mol. The number of pyridine rings is 1. The summed E-state index contributed by atoms with van der Waals surface area (Å²) >= 11 is 0. The molecule has 1 aliphatic carbocycles. The number of hydrogen-bond donors (Lipinski definition) is 0. The molecule has 0 atom stereocenters. The smallest absolute Gasteiger partial charge is 0.287 e. The highest BCUT2D eigenvalue weighted by Gasteiger charge is 2.30. The van der Waals surface area contributed by atoms with Crippen LogP contribution in [0.5, 0.6) is 0 Å². The Labute approximate surface area is 164 Å². The van der Waals surface area contributed by atoms with Gasteiger partial charge in [0, 0.05) is 32.2 Å². The predicted octanol–water partition coefficient (Wildman–Crippen LogP) is 2.30. The highest BCUT2D eigenvalue weighted by Crippen LogP contribution is 2.28. The van der Waals surface area contributed by atoms with Crippen LogP contribution in [0.15, 0.2) is 35.4 Å². The summed E-state index contributed by atoms with van der Waals surface area (Å²) in [4.78, 5) is 17.0. The molecule has 0 spiro atoms. The van der Waals surface area contributed by atoms with Crippen LogP contribution in [0.3, 0.4) is 0 Å². The molecule has 9 heteroatoms. The zero-order valence-corrected chi connectivity index (χ0v) is 16.5. The van der Waals surface area contributed by atoms with Crippen molar-refractivity contribution in [2.45, 2.75) is 31.1 Å². The fourth-order valence-corrected chi connectivity index (χ4v) is 5.45. The summed E-state index contributed by atoms with van der Waals surface area (Å²) in [7, 11) is -3.52. The summed E-state index contributed by atoms with van der Waals surface area (Å²) in [5.41, 5.74) is 3.07. The van der Waals surface area contributed by atoms with Crippen LogP contribution in [0.2, 0.25) is 0 Å². The van der Waals surface area contributed by atoms with Crippen molar-refractivity contribution in [1.29, 1.82) is 0 Å². The quantitative estimate of drug-likeness (QED) is 0.575. The van der Waals surface area contributed by atoms with Gasteiger partial charge in [-0.15, -0.1) is 0 Å². The number of aromatic nitrogens is 1. The minimum Gasteiger partial charge on any atom is -0.354 e. The minimum atomic E-state index is -3.52. The summed E-state index contributed by atoms with van der Waals surface area (Å²) in [6.07, 6.45) is 4.29. The highest BCUT2D eigenvalue weighted by atomic mass is 32.2. The first-order valence-electron chi connectivity index (χ1n) is 9.34. The molecule has 1 aliphatic heterocycles. The number of aryl methyl sites for hydroxylation is 3. The van der Waals surface area contributed by atoms with Gasteiger partial charge in [0.2, 0.25) is 10.0 Å². The number of rotatable bonds is 4. The maximum Gasteiger partial charge on any atom is 0.287 e. The fraction of sp³-hybridized carbons (Fsp3) is 0.421. The van der Waals surface area contributed by atoms with E-state index in [9.17, 15) is 18.5 Å². The van der Waals surface area contributed by atoms with Crippen LogP contribution in [-0.4, -0.2) is 48.8 Å². The van der Waals surface area contributed by atoms with Crippen LogP contribution in [0.25, 0.3) is 0 Å². The molecular weight excluding hydrogens is 380 g/mol. The van der Waals surface area contributed by atoms with Gasteiger partial charge in [0.25, 0.3) is 5.69 Å². The number of anilines is 1. The van der Waals surface area contributed by atoms with E-state index in [1.54, 1.807) is 13.0 Å². The molecule has 0 N–H and O–H groups in total. The van der Waals surface area contributed by atoms with Crippen LogP contribution >= 0.6 is 0 Å². The van der Waals surface area contributed by atoms with Gasteiger partial charge in [0.15, 0.2) is 0 Å². The Morgan fingerprint density at radius 3 is 2.46 bits per heavy atom. The topological polar surface area (TPSA) is 96.7 Å². The second-order valence-electron chi connectivity index (χ2n) is 7.27. The third kappa shape index (κ3) is 3.35. The van der Waals surface area contributed by atoms with E-state index < -0.39 is 14.9 Å². The fourth-order valence-electron chi connectivity index (χ4n) is 3.98. The van der Waals surface area contributed by atoms with E-state index >= 15 is 0 Å². The molecule has 28 heavy (non-hydrogen) atoms. The molecular formula is C19H22N4O4S. The van der Waals surface area contributed by atoms with E-state index in [0.717, 1.165) is 24.8 Å². The average molecular weight is 402 g/mol. The summed E-state index contributed by atoms with van der Waals surface area (Å²) in [5.74, 6) is 0.667. The van der Waals surface area contributed by atoms with Crippen LogP contribution in [-0.2, 0) is 22.9 Å². The number of hydrogen-bond acceptors (Lipinski definition) is 6. The lowest BCUT2D eigenvalue weighted by Crippen LogP contribution is -2.49. The van der Waals surface area contributed by atoms with Crippen molar-refractivity contribution in [3.63, 3.8) is 0 Å². The standard InChI is InChI=1S/C19H22N4O4S/c1-14-11-17(23(24)25)13-20-19(14)21-7-9-22(10-8-21)28(26,27)18-6-5-15-3-2-4-16(15)12-18/h5-6,11-13H,2-4,7-10H2,1H3. The molecule has 2 heterocycles. The summed E-state index contributed by atoms with van der Waals surface area (Å²) in [5, 5.41) is 10.9. The molecule has 1 aromatic heterocycles. The van der Waals surface area contributed by atoms with Crippen molar-refractivity contribution in [3.05, 3.63) is 57.3 Å². The van der Waals surface area contributed by atoms with Crippen molar-refractivity contribution in [3.8, 4) is 0 Å². The third-order valence-electron chi connectivity index (χ3n) is 5.49. The molecule has 2 aliphatic rings. The van der Waals surface area contributed by atoms with Crippen molar-refractivity contribution >= 4 is 21.5 Å². The van der Waals surface area contributed by atoms with E-state index in [0.29, 0.717) is 42.5 Å². The largest absolute Gasteiger partial charge is 0.354 e. The number of sulfonamides is 1. The van der Waals surface area contributed by atoms with Gasteiger partial charge in [-0.05, 0) is 55.0 Å². The average Bonchev–Trinajstić information content (AvgIpc) is 3.16. The lowest BCUT2D eigenvalue weighted by atomic mass is 10.1. The van der Waals surface area contributed by atoms with E-state index in [1.807, 2.05) is 17.0 Å². The normalized spacial score (nSPS) is 17.5. The SMILES string of the molecule is Cc1cc([N+](=O)[O-])cnc1N1CCN(S(=O)(=O)c2ccc3c(c2)CCC3)CC1. The maximum absolute atomic E-state index is 13.0. The first-order valence-corrected chi connectivity index (χ1v) is 10.8. The highest BCUT2D eigenvalue weighted by molar-refractivity contribution is 7.89. The van der Waals surface area contributed by atoms with Crippen LogP contribution in [0, 0.1) is 17.0 Å². The van der Waals surface area contributed by atoms with Crippen LogP contribution < -0.4 is 4.90 Å². The number of piperazine rings is 1. The van der Waals surface area contributed by atoms with Crippen molar-refractivity contribution in [2.24, 2.45) is 0 Å². The minimum absolute atomic E-state index is 0.0425. The van der Waals surface area contributed by atoms with Crippen molar-refractivity contribution in [2.75, 3.05) is 31.1 Å². The zero-order valence-electron chi connectivity index (χ0n) is 15.7. The lowest BCUT2D eigenvalue weighted by Gasteiger charge is -2.35. The Hall–Kier alpha value is -2.52. The Morgan fingerprint density at radius 1 is 1.07 bits per heavy atom. The molecule has 0 saturated carbocycles. The number of nitrogens with zero attached hydrogens (tertiary/aromatic N) is 4. The molecule has 1 saturated heterocycles. The molecule has 1 fully saturated rings. The Morgan fingerprint density at radius 2 is 1.79 bits per heavy atom. The van der Waals surface area contributed by atoms with Gasteiger partial charge in [0.05, 0.1) is 9.82 Å². The molecule has 8 nitrogen and oxygen atoms in total. The molecule has 0 amide bonds. The molecule has 0 bridgehead atoms. The predicted molar refractivity (Wildman–Crippen MR) is 105 cm³/mol. The van der Waals surface area contributed by atoms with Gasteiger partial charge >= 0.3 is 0 Å². The Bertz CT molecular complexity index is 1030. The zero-order chi connectivity index (χ0) is 19.9. The summed E-state index contributed by atoms with van der Waals surface area (Å²) in [6, 6.07) is 6.98. The molecule has 1 aromatic carbocycles. The molecule has 0 radical (unpaired) electrons. The van der Waals surface area contributed by atoms with Gasteiger partial charge < -0.3 is 4.90 Å². The second-order valence-corrected chi connectivity index (χ2v) is 9.20. The Balaban J connectivity index is 1.49. The van der Waals surface area contributed by atoms with Gasteiger partial charge in [-0.2, -0.15) is 4.31 Å². The number of fused-ring (bicyclic) bond motifs is 1. The van der Waals surface area contributed by atoms with E-state index in [-0.39, 0.29) is 5.69 Å². The summed E-state index contributed by atoms with van der Waals surface area (Å²) < 4.78 is 27.6. The van der Waals surface area contributed by atoms with E-state index in [4.69, 9.17) is 0 Å². The van der Waals surface area contributed by atoms with Gasteiger partial charge in [-0.1, -0.05) is 6.07 Å². The lowest BCUT2D eigenvalue weighted by molar-refractivity contribution is -0.385. The first-order chi connectivity index (χ1) is 13.4. The van der Waals surface area contributed by atoms with Gasteiger partial charge in [-0.3, -0.25) is 10.1 Å². The van der Waals surface area contributed by atoms with Crippen LogP contribution in [0.1, 0.15) is 23.1 Å². The second kappa shape index (κ2) is 7.14. The number of nitro groups is 1. The molecule has 148 valence electrons. The third-order valence-corrected chi connectivity index (χ3v) is 7.39. The Kier molecular flexibility index (Phi) is 4.80. The molecule has 4 rings (SSSR count). The first kappa shape index (κ1) is 18.8. The number of benzene rings is 1. The van der Waals surface area contributed by atoms with Crippen molar-refractivity contribution in [1.82, 2.24) is 9.29 Å². The molecule has 0 unspecified atom stereocenters. The molecule has 2 aromatic rings. The van der Waals surface area contributed by atoms with Gasteiger partial charge in [-0.25, -0.2) is 13.4 Å².